The number of alkyl halides is 1. The maximum absolute atomic E-state index is 11.3. The van der Waals surface area contributed by atoms with Crippen molar-refractivity contribution in [3.05, 3.63) is 0 Å². The summed E-state index contributed by atoms with van der Waals surface area (Å²) in [6, 6.07) is 0. The quantitative estimate of drug-likeness (QED) is 0.525. The number of rotatable bonds is 6. The lowest BCUT2D eigenvalue weighted by molar-refractivity contribution is -0.122. The van der Waals surface area contributed by atoms with Crippen molar-refractivity contribution in [1.29, 1.82) is 0 Å². The molecule has 0 aromatic carbocycles. The summed E-state index contributed by atoms with van der Waals surface area (Å²) in [5.74, 6) is 0.779. The van der Waals surface area contributed by atoms with Crippen molar-refractivity contribution in [3.8, 4) is 0 Å². The highest BCUT2D eigenvalue weighted by Crippen LogP contribution is 2.07. The normalized spacial score (nSPS) is 11.4. The second-order valence-electron chi connectivity index (χ2n) is 3.93. The average molecular weight is 206 g/mol. The Balaban J connectivity index is 3.62. The molecule has 0 unspecified atom stereocenters. The minimum absolute atomic E-state index is 0.0714. The van der Waals surface area contributed by atoms with E-state index in [9.17, 15) is 4.79 Å². The molecule has 0 aliphatic heterocycles. The Morgan fingerprint density at radius 1 is 1.38 bits per heavy atom. The van der Waals surface area contributed by atoms with Crippen molar-refractivity contribution >= 4 is 17.5 Å². The van der Waals surface area contributed by atoms with Crippen molar-refractivity contribution in [3.63, 3.8) is 0 Å². The smallest absolute Gasteiger partial charge is 0.220 e. The van der Waals surface area contributed by atoms with Gasteiger partial charge in [-0.1, -0.05) is 6.92 Å². The molecule has 0 aromatic rings. The molecule has 0 rings (SSSR count). The SMILES string of the molecule is CCC(C)(C)NC(=O)CCCCCl. The molecule has 78 valence electrons. The van der Waals surface area contributed by atoms with Crippen molar-refractivity contribution < 1.29 is 4.79 Å². The fourth-order valence-corrected chi connectivity index (χ4v) is 1.10. The van der Waals surface area contributed by atoms with Gasteiger partial charge < -0.3 is 5.32 Å². The van der Waals surface area contributed by atoms with Gasteiger partial charge in [-0.3, -0.25) is 4.79 Å². The molecule has 0 aliphatic carbocycles. The van der Waals surface area contributed by atoms with Gasteiger partial charge in [0.15, 0.2) is 0 Å². The molecule has 0 saturated carbocycles. The zero-order valence-corrected chi connectivity index (χ0v) is 9.58. The van der Waals surface area contributed by atoms with Crippen LogP contribution in [0.1, 0.15) is 46.5 Å². The Morgan fingerprint density at radius 3 is 2.46 bits per heavy atom. The highest BCUT2D eigenvalue weighted by atomic mass is 35.5. The largest absolute Gasteiger partial charge is 0.351 e. The first kappa shape index (κ1) is 12.8. The van der Waals surface area contributed by atoms with Crippen molar-refractivity contribution in [2.75, 3.05) is 5.88 Å². The van der Waals surface area contributed by atoms with Crippen LogP contribution < -0.4 is 5.32 Å². The van der Waals surface area contributed by atoms with Crippen LogP contribution in [0.4, 0.5) is 0 Å². The van der Waals surface area contributed by atoms with E-state index in [0.717, 1.165) is 19.3 Å². The summed E-state index contributed by atoms with van der Waals surface area (Å²) < 4.78 is 0. The molecular formula is C10H20ClNO. The molecule has 0 aliphatic rings. The summed E-state index contributed by atoms with van der Waals surface area (Å²) >= 11 is 5.51. The summed E-state index contributed by atoms with van der Waals surface area (Å²) in [7, 11) is 0. The fourth-order valence-electron chi connectivity index (χ4n) is 0.908. The molecular weight excluding hydrogens is 186 g/mol. The van der Waals surface area contributed by atoms with E-state index in [0.29, 0.717) is 12.3 Å². The third-order valence-corrected chi connectivity index (χ3v) is 2.42. The lowest BCUT2D eigenvalue weighted by atomic mass is 10.0. The number of hydrogen-bond acceptors (Lipinski definition) is 1. The highest BCUT2D eigenvalue weighted by molar-refractivity contribution is 6.17. The van der Waals surface area contributed by atoms with Gasteiger partial charge in [-0.25, -0.2) is 0 Å². The zero-order chi connectivity index (χ0) is 10.3. The number of halogens is 1. The average Bonchev–Trinajstić information content (AvgIpc) is 2.04. The predicted molar refractivity (Wildman–Crippen MR) is 57.1 cm³/mol. The van der Waals surface area contributed by atoms with Crippen LogP contribution in [0, 0.1) is 0 Å². The molecule has 0 atom stereocenters. The maximum atomic E-state index is 11.3. The van der Waals surface area contributed by atoms with Gasteiger partial charge in [-0.05, 0) is 33.1 Å². The second kappa shape index (κ2) is 6.25. The number of carbonyl (C=O) groups is 1. The number of unbranched alkanes of at least 4 members (excludes halogenated alkanes) is 1. The van der Waals surface area contributed by atoms with Gasteiger partial charge in [-0.15, -0.1) is 11.6 Å². The number of amides is 1. The van der Waals surface area contributed by atoms with Gasteiger partial charge in [0.25, 0.3) is 0 Å². The zero-order valence-electron chi connectivity index (χ0n) is 8.82. The van der Waals surface area contributed by atoms with Gasteiger partial charge in [0.2, 0.25) is 5.91 Å². The highest BCUT2D eigenvalue weighted by Gasteiger charge is 2.16. The van der Waals surface area contributed by atoms with Crippen molar-refractivity contribution in [2.24, 2.45) is 0 Å². The maximum Gasteiger partial charge on any atom is 0.220 e. The Labute approximate surface area is 86.0 Å². The van der Waals surface area contributed by atoms with Crippen LogP contribution in [-0.2, 0) is 4.79 Å². The summed E-state index contributed by atoms with van der Waals surface area (Å²) in [6.07, 6.45) is 3.35. The number of hydrogen-bond donors (Lipinski definition) is 1. The first-order valence-electron chi connectivity index (χ1n) is 4.89. The molecule has 13 heavy (non-hydrogen) atoms. The number of nitrogens with one attached hydrogen (secondary N) is 1. The first-order chi connectivity index (χ1) is 6.02. The summed E-state index contributed by atoms with van der Waals surface area (Å²) in [6.45, 7) is 6.14. The van der Waals surface area contributed by atoms with E-state index in [1.54, 1.807) is 0 Å². The van der Waals surface area contributed by atoms with Gasteiger partial charge in [0.05, 0.1) is 0 Å². The van der Waals surface area contributed by atoms with Crippen molar-refractivity contribution in [2.45, 2.75) is 52.0 Å². The molecule has 2 nitrogen and oxygen atoms in total. The van der Waals surface area contributed by atoms with Gasteiger partial charge in [0, 0.05) is 17.8 Å². The molecule has 0 saturated heterocycles. The monoisotopic (exact) mass is 205 g/mol. The third-order valence-electron chi connectivity index (χ3n) is 2.15. The molecule has 1 N–H and O–H groups in total. The van der Waals surface area contributed by atoms with E-state index in [-0.39, 0.29) is 11.4 Å². The second-order valence-corrected chi connectivity index (χ2v) is 4.31. The molecule has 0 spiro atoms. The Hall–Kier alpha value is -0.240. The molecule has 0 bridgehead atoms. The molecule has 0 heterocycles. The van der Waals surface area contributed by atoms with Crippen molar-refractivity contribution in [1.82, 2.24) is 5.32 Å². The van der Waals surface area contributed by atoms with E-state index >= 15 is 0 Å². The number of carbonyl (C=O) groups excluding carboxylic acids is 1. The Bertz CT molecular complexity index is 157. The minimum Gasteiger partial charge on any atom is -0.351 e. The van der Waals surface area contributed by atoms with E-state index in [1.807, 2.05) is 13.8 Å². The summed E-state index contributed by atoms with van der Waals surface area (Å²) in [5.41, 5.74) is -0.0714. The molecule has 0 aromatic heterocycles. The summed E-state index contributed by atoms with van der Waals surface area (Å²) in [4.78, 5) is 11.3. The van der Waals surface area contributed by atoms with Crippen LogP contribution in [0.15, 0.2) is 0 Å². The summed E-state index contributed by atoms with van der Waals surface area (Å²) in [5, 5.41) is 2.98. The van der Waals surface area contributed by atoms with E-state index in [2.05, 4.69) is 12.2 Å². The molecule has 3 heteroatoms. The van der Waals surface area contributed by atoms with Crippen LogP contribution in [0.2, 0.25) is 0 Å². The molecule has 1 amide bonds. The topological polar surface area (TPSA) is 29.1 Å². The van der Waals surface area contributed by atoms with Gasteiger partial charge in [0.1, 0.15) is 0 Å². The van der Waals surface area contributed by atoms with E-state index in [1.165, 1.54) is 0 Å². The van der Waals surface area contributed by atoms with Crippen LogP contribution in [0.25, 0.3) is 0 Å². The fraction of sp³-hybridized carbons (Fsp3) is 0.900. The lowest BCUT2D eigenvalue weighted by Crippen LogP contribution is -2.42. The van der Waals surface area contributed by atoms with Gasteiger partial charge >= 0.3 is 0 Å². The van der Waals surface area contributed by atoms with Crippen LogP contribution in [0.3, 0.4) is 0 Å². The lowest BCUT2D eigenvalue weighted by Gasteiger charge is -2.24. The molecule has 0 fully saturated rings. The minimum atomic E-state index is -0.0714. The Kier molecular flexibility index (Phi) is 6.13. The standard InChI is InChI=1S/C10H20ClNO/c1-4-10(2,3)12-9(13)7-5-6-8-11/h4-8H2,1-3H3,(H,12,13). The van der Waals surface area contributed by atoms with Crippen LogP contribution in [0.5, 0.6) is 0 Å². The van der Waals surface area contributed by atoms with E-state index < -0.39 is 0 Å². The van der Waals surface area contributed by atoms with E-state index in [4.69, 9.17) is 11.6 Å². The van der Waals surface area contributed by atoms with Gasteiger partial charge in [-0.2, -0.15) is 0 Å². The molecule has 0 radical (unpaired) electrons. The predicted octanol–water partition coefficient (Wildman–Crippen LogP) is 2.70. The Morgan fingerprint density at radius 2 is 2.00 bits per heavy atom. The first-order valence-corrected chi connectivity index (χ1v) is 5.42. The third kappa shape index (κ3) is 6.88. The van der Waals surface area contributed by atoms with Crippen LogP contribution >= 0.6 is 11.6 Å². The van der Waals surface area contributed by atoms with Crippen LogP contribution in [-0.4, -0.2) is 17.3 Å².